The van der Waals surface area contributed by atoms with Crippen molar-refractivity contribution < 1.29 is 18.0 Å². The summed E-state index contributed by atoms with van der Waals surface area (Å²) in [7, 11) is -2.55. The number of hydrazone groups is 1. The first-order valence-corrected chi connectivity index (χ1v) is 9.85. The molecule has 0 aromatic heterocycles. The summed E-state index contributed by atoms with van der Waals surface area (Å²) in [5.41, 5.74) is 4.68. The number of hydrogen-bond acceptors (Lipinski definition) is 5. The van der Waals surface area contributed by atoms with E-state index in [9.17, 15) is 18.0 Å². The zero-order valence-corrected chi connectivity index (χ0v) is 16.7. The Morgan fingerprint density at radius 2 is 1.82 bits per heavy atom. The summed E-state index contributed by atoms with van der Waals surface area (Å²) in [6, 6.07) is 13.2. The maximum atomic E-state index is 12.6. The van der Waals surface area contributed by atoms with E-state index < -0.39 is 15.9 Å². The maximum Gasteiger partial charge on any atom is 0.255 e. The molecule has 28 heavy (non-hydrogen) atoms. The van der Waals surface area contributed by atoms with Gasteiger partial charge < -0.3 is 5.32 Å². The molecule has 0 atom stereocenters. The number of nitrogens with zero attached hydrogens (tertiary/aromatic N) is 2. The molecule has 9 heteroatoms. The summed E-state index contributed by atoms with van der Waals surface area (Å²) in [5, 5.41) is 6.40. The van der Waals surface area contributed by atoms with Crippen molar-refractivity contribution in [1.82, 2.24) is 9.73 Å². The highest BCUT2D eigenvalue weighted by Crippen LogP contribution is 2.17. The highest BCUT2D eigenvalue weighted by Gasteiger charge is 2.22. The molecule has 2 amide bonds. The predicted molar refractivity (Wildman–Crippen MR) is 107 cm³/mol. The molecule has 148 valence electrons. The number of aryl methyl sites for hydroxylation is 1. The van der Waals surface area contributed by atoms with Gasteiger partial charge in [0.05, 0.1) is 17.7 Å². The van der Waals surface area contributed by atoms with E-state index in [1.165, 1.54) is 44.5 Å². The Labute approximate surface area is 164 Å². The van der Waals surface area contributed by atoms with Crippen LogP contribution in [0.3, 0.4) is 0 Å². The molecule has 0 aliphatic carbocycles. The number of carbonyl (C=O) groups excluding carboxylic acids is 2. The van der Waals surface area contributed by atoms with Crippen LogP contribution in [0.15, 0.2) is 58.5 Å². The standard InChI is InChI=1S/C19H22N4O4S/c1-14-5-4-6-16(11-14)12-20-22-19(25)13-23(3)28(26,27)18-9-7-17(8-10-18)21-15(2)24/h4-12H,13H2,1-3H3,(H,21,24)(H,22,25). The quantitative estimate of drug-likeness (QED) is 0.543. The van der Waals surface area contributed by atoms with Crippen molar-refractivity contribution in [3.63, 3.8) is 0 Å². The fraction of sp³-hybridized carbons (Fsp3) is 0.211. The maximum absolute atomic E-state index is 12.6. The van der Waals surface area contributed by atoms with E-state index in [-0.39, 0.29) is 17.3 Å². The van der Waals surface area contributed by atoms with Gasteiger partial charge >= 0.3 is 0 Å². The Morgan fingerprint density at radius 3 is 2.43 bits per heavy atom. The minimum absolute atomic E-state index is 0.0140. The van der Waals surface area contributed by atoms with Gasteiger partial charge in [-0.05, 0) is 36.8 Å². The van der Waals surface area contributed by atoms with E-state index >= 15 is 0 Å². The Balaban J connectivity index is 1.97. The van der Waals surface area contributed by atoms with Gasteiger partial charge in [-0.2, -0.15) is 9.41 Å². The normalized spacial score (nSPS) is 11.6. The van der Waals surface area contributed by atoms with E-state index in [2.05, 4.69) is 15.8 Å². The van der Waals surface area contributed by atoms with Gasteiger partial charge in [0.2, 0.25) is 15.9 Å². The second-order valence-electron chi connectivity index (χ2n) is 6.17. The molecule has 2 aromatic rings. The number of likely N-dealkylation sites (N-methyl/N-ethyl adjacent to an activating group) is 1. The van der Waals surface area contributed by atoms with Gasteiger partial charge in [-0.3, -0.25) is 9.59 Å². The fourth-order valence-corrected chi connectivity index (χ4v) is 3.47. The summed E-state index contributed by atoms with van der Waals surface area (Å²) in [6.07, 6.45) is 1.49. The number of benzene rings is 2. The Hall–Kier alpha value is -3.04. The van der Waals surface area contributed by atoms with Crippen molar-refractivity contribution in [2.75, 3.05) is 18.9 Å². The van der Waals surface area contributed by atoms with Crippen LogP contribution in [0.1, 0.15) is 18.1 Å². The van der Waals surface area contributed by atoms with Crippen molar-refractivity contribution >= 4 is 33.7 Å². The SMILES string of the molecule is CC(=O)Nc1ccc(S(=O)(=O)N(C)CC(=O)NN=Cc2cccc(C)c2)cc1. The minimum Gasteiger partial charge on any atom is -0.326 e. The van der Waals surface area contributed by atoms with Crippen molar-refractivity contribution in [3.8, 4) is 0 Å². The van der Waals surface area contributed by atoms with Crippen LogP contribution in [0.4, 0.5) is 5.69 Å². The third-order valence-corrected chi connectivity index (χ3v) is 5.51. The van der Waals surface area contributed by atoms with Gasteiger partial charge in [0, 0.05) is 19.7 Å². The van der Waals surface area contributed by atoms with Crippen LogP contribution in [-0.4, -0.2) is 44.3 Å². The van der Waals surface area contributed by atoms with Crippen molar-refractivity contribution in [3.05, 3.63) is 59.7 Å². The molecule has 0 aliphatic rings. The van der Waals surface area contributed by atoms with Gasteiger partial charge in [0.1, 0.15) is 0 Å². The average molecular weight is 402 g/mol. The average Bonchev–Trinajstić information content (AvgIpc) is 2.61. The van der Waals surface area contributed by atoms with Crippen molar-refractivity contribution in [1.29, 1.82) is 0 Å². The van der Waals surface area contributed by atoms with Gasteiger partial charge in [-0.15, -0.1) is 0 Å². The highest BCUT2D eigenvalue weighted by atomic mass is 32.2. The smallest absolute Gasteiger partial charge is 0.255 e. The first-order valence-electron chi connectivity index (χ1n) is 8.41. The monoisotopic (exact) mass is 402 g/mol. The zero-order valence-electron chi connectivity index (χ0n) is 15.8. The van der Waals surface area contributed by atoms with Crippen LogP contribution in [0.2, 0.25) is 0 Å². The van der Waals surface area contributed by atoms with Gasteiger partial charge in [-0.1, -0.05) is 29.8 Å². The largest absolute Gasteiger partial charge is 0.326 e. The molecule has 8 nitrogen and oxygen atoms in total. The second-order valence-corrected chi connectivity index (χ2v) is 8.22. The van der Waals surface area contributed by atoms with Crippen LogP contribution >= 0.6 is 0 Å². The summed E-state index contributed by atoms with van der Waals surface area (Å²) in [4.78, 5) is 23.0. The second kappa shape index (κ2) is 9.25. The molecule has 2 rings (SSSR count). The number of sulfonamides is 1. The molecule has 0 aliphatic heterocycles. The van der Waals surface area contributed by atoms with E-state index in [0.29, 0.717) is 5.69 Å². The molecular formula is C19H22N4O4S. The highest BCUT2D eigenvalue weighted by molar-refractivity contribution is 7.89. The third-order valence-electron chi connectivity index (χ3n) is 3.69. The Bertz CT molecular complexity index is 985. The van der Waals surface area contributed by atoms with E-state index in [1.807, 2.05) is 31.2 Å². The number of nitrogens with one attached hydrogen (secondary N) is 2. The van der Waals surface area contributed by atoms with E-state index in [4.69, 9.17) is 0 Å². The Kier molecular flexibility index (Phi) is 7.02. The molecule has 0 radical (unpaired) electrons. The summed E-state index contributed by atoms with van der Waals surface area (Å²) < 4.78 is 26.0. The summed E-state index contributed by atoms with van der Waals surface area (Å²) in [5.74, 6) is -0.819. The number of hydrogen-bond donors (Lipinski definition) is 2. The molecular weight excluding hydrogens is 380 g/mol. The van der Waals surface area contributed by atoms with Crippen LogP contribution in [-0.2, 0) is 19.6 Å². The molecule has 2 aromatic carbocycles. The fourth-order valence-electron chi connectivity index (χ4n) is 2.35. The first kappa shape index (κ1) is 21.3. The molecule has 0 bridgehead atoms. The molecule has 0 unspecified atom stereocenters. The number of anilines is 1. The van der Waals surface area contributed by atoms with Gasteiger partial charge in [-0.25, -0.2) is 13.8 Å². The number of amides is 2. The van der Waals surface area contributed by atoms with Crippen molar-refractivity contribution in [2.24, 2.45) is 5.10 Å². The van der Waals surface area contributed by atoms with Gasteiger partial charge in [0.15, 0.2) is 0 Å². The Morgan fingerprint density at radius 1 is 1.14 bits per heavy atom. The predicted octanol–water partition coefficient (Wildman–Crippen LogP) is 1.72. The van der Waals surface area contributed by atoms with Gasteiger partial charge in [0.25, 0.3) is 5.91 Å². The first-order chi connectivity index (χ1) is 13.2. The molecule has 0 saturated heterocycles. The summed E-state index contributed by atoms with van der Waals surface area (Å²) >= 11 is 0. The molecule has 0 spiro atoms. The lowest BCUT2D eigenvalue weighted by atomic mass is 10.2. The summed E-state index contributed by atoms with van der Waals surface area (Å²) in [6.45, 7) is 2.91. The minimum atomic E-state index is -3.85. The molecule has 0 fully saturated rings. The lowest BCUT2D eigenvalue weighted by Crippen LogP contribution is -2.36. The van der Waals surface area contributed by atoms with Crippen LogP contribution in [0.25, 0.3) is 0 Å². The zero-order chi connectivity index (χ0) is 20.7. The van der Waals surface area contributed by atoms with E-state index in [0.717, 1.165) is 15.4 Å². The molecule has 2 N–H and O–H groups in total. The van der Waals surface area contributed by atoms with Crippen LogP contribution in [0, 0.1) is 6.92 Å². The lowest BCUT2D eigenvalue weighted by molar-refractivity contribution is -0.121. The molecule has 0 heterocycles. The third kappa shape index (κ3) is 6.00. The number of carbonyl (C=O) groups is 2. The number of rotatable bonds is 7. The van der Waals surface area contributed by atoms with Crippen molar-refractivity contribution in [2.45, 2.75) is 18.7 Å². The van der Waals surface area contributed by atoms with Crippen LogP contribution < -0.4 is 10.7 Å². The van der Waals surface area contributed by atoms with E-state index in [1.54, 1.807) is 0 Å². The molecule has 0 saturated carbocycles. The topological polar surface area (TPSA) is 108 Å². The lowest BCUT2D eigenvalue weighted by Gasteiger charge is -2.16. The van der Waals surface area contributed by atoms with Crippen LogP contribution in [0.5, 0.6) is 0 Å².